The van der Waals surface area contributed by atoms with Crippen LogP contribution in [0.3, 0.4) is 0 Å². The van der Waals surface area contributed by atoms with Crippen LogP contribution in [-0.4, -0.2) is 9.97 Å². The van der Waals surface area contributed by atoms with Gasteiger partial charge in [-0.15, -0.1) is 0 Å². The van der Waals surface area contributed by atoms with Crippen LogP contribution in [0.5, 0.6) is 11.5 Å². The molecule has 2 N–H and O–H groups in total. The van der Waals surface area contributed by atoms with Crippen LogP contribution in [0.2, 0.25) is 0 Å². The van der Waals surface area contributed by atoms with Crippen LogP contribution in [-0.2, 0) is 6.54 Å². The molecule has 106 valence electrons. The number of nitrogens with two attached hydrogens (primary N) is 1. The van der Waals surface area contributed by atoms with Gasteiger partial charge in [0.25, 0.3) is 0 Å². The van der Waals surface area contributed by atoms with Crippen LogP contribution in [0.1, 0.15) is 31.3 Å². The van der Waals surface area contributed by atoms with Crippen molar-refractivity contribution < 1.29 is 9.13 Å². The second-order valence-corrected chi connectivity index (χ2v) is 5.52. The van der Waals surface area contributed by atoms with E-state index >= 15 is 0 Å². The monoisotopic (exact) mass is 339 g/mol. The molecule has 0 saturated heterocycles. The van der Waals surface area contributed by atoms with Gasteiger partial charge in [0, 0.05) is 23.0 Å². The van der Waals surface area contributed by atoms with Crippen molar-refractivity contribution in [2.75, 3.05) is 0 Å². The molecule has 1 aromatic heterocycles. The van der Waals surface area contributed by atoms with Gasteiger partial charge in [-0.2, -0.15) is 0 Å². The Morgan fingerprint density at radius 2 is 2.10 bits per heavy atom. The fourth-order valence-corrected chi connectivity index (χ4v) is 2.09. The van der Waals surface area contributed by atoms with E-state index in [4.69, 9.17) is 10.5 Å². The molecule has 4 nitrogen and oxygen atoms in total. The summed E-state index contributed by atoms with van der Waals surface area (Å²) in [7, 11) is 0. The molecular formula is C14H15BrFN3O. The maximum Gasteiger partial charge on any atom is 0.168 e. The predicted octanol–water partition coefficient (Wildman–Crippen LogP) is 3.75. The lowest BCUT2D eigenvalue weighted by atomic mass is 10.2. The van der Waals surface area contributed by atoms with Crippen LogP contribution >= 0.6 is 15.9 Å². The Balaban J connectivity index is 2.33. The summed E-state index contributed by atoms with van der Waals surface area (Å²) in [5.41, 5.74) is 6.28. The summed E-state index contributed by atoms with van der Waals surface area (Å²) in [5, 5.41) is 0. The largest absolute Gasteiger partial charge is 0.454 e. The zero-order valence-electron chi connectivity index (χ0n) is 11.2. The molecule has 6 heteroatoms. The molecular weight excluding hydrogens is 325 g/mol. The summed E-state index contributed by atoms with van der Waals surface area (Å²) in [4.78, 5) is 8.60. The topological polar surface area (TPSA) is 61.0 Å². The van der Waals surface area contributed by atoms with Crippen molar-refractivity contribution in [2.45, 2.75) is 26.3 Å². The number of hydrogen-bond acceptors (Lipinski definition) is 4. The number of benzene rings is 1. The molecule has 0 radical (unpaired) electrons. The van der Waals surface area contributed by atoms with E-state index in [-0.39, 0.29) is 18.3 Å². The van der Waals surface area contributed by atoms with Gasteiger partial charge in [-0.1, -0.05) is 29.8 Å². The lowest BCUT2D eigenvalue weighted by Crippen LogP contribution is -2.07. The van der Waals surface area contributed by atoms with Crippen molar-refractivity contribution in [3.05, 3.63) is 46.2 Å². The van der Waals surface area contributed by atoms with Crippen LogP contribution in [0.25, 0.3) is 0 Å². The SMILES string of the molecule is CC(C)c1ncc(Oc2cc(F)cc(Br)c2)c(CN)n1. The summed E-state index contributed by atoms with van der Waals surface area (Å²) in [5.74, 6) is 1.33. The minimum absolute atomic E-state index is 0.206. The van der Waals surface area contributed by atoms with Crippen LogP contribution < -0.4 is 10.5 Å². The molecule has 0 aliphatic heterocycles. The highest BCUT2D eigenvalue weighted by Gasteiger charge is 2.11. The van der Waals surface area contributed by atoms with Crippen LogP contribution in [0, 0.1) is 5.82 Å². The first-order valence-electron chi connectivity index (χ1n) is 6.19. The molecule has 0 spiro atoms. The first-order chi connectivity index (χ1) is 9.49. The predicted molar refractivity (Wildman–Crippen MR) is 78.2 cm³/mol. The Morgan fingerprint density at radius 3 is 2.70 bits per heavy atom. The van der Waals surface area contributed by atoms with Crippen molar-refractivity contribution in [3.63, 3.8) is 0 Å². The van der Waals surface area contributed by atoms with E-state index in [1.54, 1.807) is 12.3 Å². The number of hydrogen-bond donors (Lipinski definition) is 1. The van der Waals surface area contributed by atoms with Gasteiger partial charge >= 0.3 is 0 Å². The third kappa shape index (κ3) is 3.52. The number of aromatic nitrogens is 2. The molecule has 0 fully saturated rings. The second kappa shape index (κ2) is 6.28. The van der Waals surface area contributed by atoms with Gasteiger partial charge in [-0.25, -0.2) is 14.4 Å². The van der Waals surface area contributed by atoms with Crippen molar-refractivity contribution in [2.24, 2.45) is 5.73 Å². The highest BCUT2D eigenvalue weighted by molar-refractivity contribution is 9.10. The van der Waals surface area contributed by atoms with Crippen LogP contribution in [0.4, 0.5) is 4.39 Å². The highest BCUT2D eigenvalue weighted by Crippen LogP contribution is 2.27. The molecule has 0 amide bonds. The first-order valence-corrected chi connectivity index (χ1v) is 6.98. The number of halogens is 2. The quantitative estimate of drug-likeness (QED) is 0.921. The molecule has 0 saturated carbocycles. The maximum absolute atomic E-state index is 13.3. The van der Waals surface area contributed by atoms with Gasteiger partial charge in [0.05, 0.1) is 6.20 Å². The van der Waals surface area contributed by atoms with Gasteiger partial charge in [0.2, 0.25) is 0 Å². The summed E-state index contributed by atoms with van der Waals surface area (Å²) in [6, 6.07) is 4.32. The lowest BCUT2D eigenvalue weighted by molar-refractivity contribution is 0.462. The summed E-state index contributed by atoms with van der Waals surface area (Å²) in [6.45, 7) is 4.23. The van der Waals surface area contributed by atoms with Crippen LogP contribution in [0.15, 0.2) is 28.9 Å². The van der Waals surface area contributed by atoms with E-state index in [1.807, 2.05) is 13.8 Å². The Morgan fingerprint density at radius 1 is 1.35 bits per heavy atom. The highest BCUT2D eigenvalue weighted by atomic mass is 79.9. The zero-order chi connectivity index (χ0) is 14.7. The lowest BCUT2D eigenvalue weighted by Gasteiger charge is -2.12. The van der Waals surface area contributed by atoms with E-state index < -0.39 is 0 Å². The smallest absolute Gasteiger partial charge is 0.168 e. The van der Waals surface area contributed by atoms with Gasteiger partial charge in [0.1, 0.15) is 23.1 Å². The first kappa shape index (κ1) is 14.9. The summed E-state index contributed by atoms with van der Waals surface area (Å²) >= 11 is 3.22. The molecule has 0 unspecified atom stereocenters. The Bertz CT molecular complexity index is 599. The molecule has 0 bridgehead atoms. The van der Waals surface area contributed by atoms with Gasteiger partial charge in [0.15, 0.2) is 5.75 Å². The minimum atomic E-state index is -0.386. The Labute approximate surface area is 125 Å². The van der Waals surface area contributed by atoms with Gasteiger partial charge in [-0.05, 0) is 12.1 Å². The average Bonchev–Trinajstić information content (AvgIpc) is 2.37. The van der Waals surface area contributed by atoms with Crippen molar-refractivity contribution >= 4 is 15.9 Å². The molecule has 20 heavy (non-hydrogen) atoms. The molecule has 0 aliphatic carbocycles. The molecule has 1 aromatic carbocycles. The number of nitrogens with zero attached hydrogens (tertiary/aromatic N) is 2. The molecule has 0 atom stereocenters. The second-order valence-electron chi connectivity index (χ2n) is 4.61. The normalized spacial score (nSPS) is 10.9. The van der Waals surface area contributed by atoms with E-state index in [2.05, 4.69) is 25.9 Å². The fraction of sp³-hybridized carbons (Fsp3) is 0.286. The van der Waals surface area contributed by atoms with Crippen molar-refractivity contribution in [3.8, 4) is 11.5 Å². The van der Waals surface area contributed by atoms with E-state index in [0.29, 0.717) is 27.5 Å². The van der Waals surface area contributed by atoms with Gasteiger partial charge in [-0.3, -0.25) is 0 Å². The molecule has 0 aliphatic rings. The van der Waals surface area contributed by atoms with Crippen molar-refractivity contribution in [1.82, 2.24) is 9.97 Å². The molecule has 2 rings (SSSR count). The fourth-order valence-electron chi connectivity index (χ4n) is 1.65. The van der Waals surface area contributed by atoms with E-state index in [9.17, 15) is 4.39 Å². The number of rotatable bonds is 4. The maximum atomic E-state index is 13.3. The Hall–Kier alpha value is -1.53. The third-order valence-electron chi connectivity index (χ3n) is 2.62. The Kier molecular flexibility index (Phi) is 4.67. The van der Waals surface area contributed by atoms with E-state index in [1.165, 1.54) is 12.1 Å². The third-order valence-corrected chi connectivity index (χ3v) is 3.08. The van der Waals surface area contributed by atoms with Gasteiger partial charge < -0.3 is 10.5 Å². The summed E-state index contributed by atoms with van der Waals surface area (Å²) in [6.07, 6.45) is 1.57. The summed E-state index contributed by atoms with van der Waals surface area (Å²) < 4.78 is 19.5. The standard InChI is InChI=1S/C14H15BrFN3O/c1-8(2)14-18-7-13(12(6-17)19-14)20-11-4-9(15)3-10(16)5-11/h3-5,7-8H,6,17H2,1-2H3. The van der Waals surface area contributed by atoms with Crippen molar-refractivity contribution in [1.29, 1.82) is 0 Å². The average molecular weight is 340 g/mol. The molecule has 1 heterocycles. The van der Waals surface area contributed by atoms with E-state index in [0.717, 1.165) is 0 Å². The molecule has 2 aromatic rings. The number of ether oxygens (including phenoxy) is 1. The zero-order valence-corrected chi connectivity index (χ0v) is 12.8. The minimum Gasteiger partial charge on any atom is -0.454 e.